The molecule has 0 radical (unpaired) electrons. The zero-order valence-electron chi connectivity index (χ0n) is 14.7. The largest absolute Gasteiger partial charge is 0.325 e. The first-order valence-corrected chi connectivity index (χ1v) is 11.0. The third kappa shape index (κ3) is 4.47. The van der Waals surface area contributed by atoms with Gasteiger partial charge in [-0.1, -0.05) is 13.0 Å². The second-order valence-corrected chi connectivity index (χ2v) is 9.42. The number of nitrogens with one attached hydrogen (secondary N) is 1. The smallest absolute Gasteiger partial charge is 0.239 e. The zero-order valence-corrected chi connectivity index (χ0v) is 16.3. The SMILES string of the molecule is CCCS(=O)(=O)CC(=O)Nc1ccc(-c2nc3ccc(C)cc3s2)cc1. The molecule has 26 heavy (non-hydrogen) atoms. The average molecular weight is 389 g/mol. The number of nitrogens with zero attached hydrogens (tertiary/aromatic N) is 1. The molecule has 0 aliphatic heterocycles. The molecule has 0 bridgehead atoms. The van der Waals surface area contributed by atoms with Crippen LogP contribution in [0.15, 0.2) is 42.5 Å². The lowest BCUT2D eigenvalue weighted by Gasteiger charge is -2.06. The number of carbonyl (C=O) groups is 1. The second kappa shape index (κ2) is 7.55. The van der Waals surface area contributed by atoms with Gasteiger partial charge in [0.2, 0.25) is 5.91 Å². The number of aryl methyl sites for hydroxylation is 1. The lowest BCUT2D eigenvalue weighted by atomic mass is 10.2. The van der Waals surface area contributed by atoms with E-state index in [1.165, 1.54) is 5.56 Å². The number of rotatable bonds is 6. The van der Waals surface area contributed by atoms with Crippen LogP contribution in [0.1, 0.15) is 18.9 Å². The molecule has 1 N–H and O–H groups in total. The van der Waals surface area contributed by atoms with Crippen LogP contribution in [0.4, 0.5) is 5.69 Å². The van der Waals surface area contributed by atoms with E-state index in [0.717, 1.165) is 20.8 Å². The quantitative estimate of drug-likeness (QED) is 0.691. The number of benzene rings is 2. The monoisotopic (exact) mass is 388 g/mol. The Balaban J connectivity index is 1.72. The van der Waals surface area contributed by atoms with Gasteiger partial charge in [-0.15, -0.1) is 11.3 Å². The number of anilines is 1. The molecule has 0 saturated carbocycles. The van der Waals surface area contributed by atoms with Gasteiger partial charge in [0.05, 0.1) is 16.0 Å². The number of carbonyl (C=O) groups excluding carboxylic acids is 1. The van der Waals surface area contributed by atoms with E-state index >= 15 is 0 Å². The van der Waals surface area contributed by atoms with Crippen LogP contribution in [0, 0.1) is 6.92 Å². The Bertz CT molecular complexity index is 1040. The fraction of sp³-hybridized carbons (Fsp3) is 0.263. The topological polar surface area (TPSA) is 76.1 Å². The highest BCUT2D eigenvalue weighted by Gasteiger charge is 2.15. The van der Waals surface area contributed by atoms with Crippen LogP contribution in [-0.2, 0) is 14.6 Å². The van der Waals surface area contributed by atoms with Gasteiger partial charge in [-0.25, -0.2) is 13.4 Å². The average Bonchev–Trinajstić information content (AvgIpc) is 2.97. The fourth-order valence-electron chi connectivity index (χ4n) is 2.63. The van der Waals surface area contributed by atoms with Crippen LogP contribution in [0.25, 0.3) is 20.8 Å². The molecule has 136 valence electrons. The highest BCUT2D eigenvalue weighted by molar-refractivity contribution is 7.92. The predicted molar refractivity (Wildman–Crippen MR) is 107 cm³/mol. The van der Waals surface area contributed by atoms with Crippen molar-refractivity contribution in [1.82, 2.24) is 4.98 Å². The maximum atomic E-state index is 11.9. The molecule has 0 saturated heterocycles. The lowest BCUT2D eigenvalue weighted by Crippen LogP contribution is -2.24. The van der Waals surface area contributed by atoms with Gasteiger partial charge < -0.3 is 5.32 Å². The van der Waals surface area contributed by atoms with Crippen LogP contribution in [0.5, 0.6) is 0 Å². The van der Waals surface area contributed by atoms with Crippen molar-refractivity contribution >= 4 is 43.0 Å². The Hall–Kier alpha value is -2.25. The molecular formula is C19H20N2O3S2. The van der Waals surface area contributed by atoms with Crippen molar-refractivity contribution in [1.29, 1.82) is 0 Å². The fourth-order valence-corrected chi connectivity index (χ4v) is 4.94. The molecule has 0 unspecified atom stereocenters. The molecule has 1 heterocycles. The van der Waals surface area contributed by atoms with Gasteiger partial charge in [0, 0.05) is 11.3 Å². The zero-order chi connectivity index (χ0) is 18.7. The summed E-state index contributed by atoms with van der Waals surface area (Å²) in [5.74, 6) is -0.974. The van der Waals surface area contributed by atoms with Crippen LogP contribution in [0.3, 0.4) is 0 Å². The van der Waals surface area contributed by atoms with E-state index < -0.39 is 21.5 Å². The Kier molecular flexibility index (Phi) is 5.38. The normalized spacial score (nSPS) is 11.6. The predicted octanol–water partition coefficient (Wildman–Crippen LogP) is 4.04. The summed E-state index contributed by atoms with van der Waals surface area (Å²) in [4.78, 5) is 16.5. The first-order chi connectivity index (χ1) is 12.4. The molecule has 0 aliphatic carbocycles. The summed E-state index contributed by atoms with van der Waals surface area (Å²) in [6, 6.07) is 13.4. The number of hydrogen-bond acceptors (Lipinski definition) is 5. The van der Waals surface area contributed by atoms with Crippen molar-refractivity contribution in [3.8, 4) is 10.6 Å². The summed E-state index contributed by atoms with van der Waals surface area (Å²) < 4.78 is 24.6. The van der Waals surface area contributed by atoms with Crippen molar-refractivity contribution in [2.45, 2.75) is 20.3 Å². The number of amides is 1. The highest BCUT2D eigenvalue weighted by atomic mass is 32.2. The van der Waals surface area contributed by atoms with Gasteiger partial charge in [0.25, 0.3) is 0 Å². The van der Waals surface area contributed by atoms with Crippen LogP contribution >= 0.6 is 11.3 Å². The molecule has 3 aromatic rings. The molecule has 1 amide bonds. The molecule has 0 atom stereocenters. The van der Waals surface area contributed by atoms with E-state index in [9.17, 15) is 13.2 Å². The van der Waals surface area contributed by atoms with Gasteiger partial charge in [-0.05, 0) is 55.3 Å². The molecular weight excluding hydrogens is 368 g/mol. The molecule has 5 nitrogen and oxygen atoms in total. The highest BCUT2D eigenvalue weighted by Crippen LogP contribution is 2.31. The van der Waals surface area contributed by atoms with Crippen molar-refractivity contribution in [2.24, 2.45) is 0 Å². The van der Waals surface area contributed by atoms with Gasteiger partial charge >= 0.3 is 0 Å². The number of hydrogen-bond donors (Lipinski definition) is 1. The third-order valence-electron chi connectivity index (χ3n) is 3.83. The molecule has 1 aromatic heterocycles. The first-order valence-electron chi connectivity index (χ1n) is 8.34. The maximum Gasteiger partial charge on any atom is 0.239 e. The number of fused-ring (bicyclic) bond motifs is 1. The van der Waals surface area contributed by atoms with E-state index in [-0.39, 0.29) is 5.75 Å². The Morgan fingerprint density at radius 2 is 1.88 bits per heavy atom. The Labute approximate surface area is 157 Å². The molecule has 2 aromatic carbocycles. The molecule has 3 rings (SSSR count). The Morgan fingerprint density at radius 1 is 1.15 bits per heavy atom. The van der Waals surface area contributed by atoms with Gasteiger partial charge in [-0.3, -0.25) is 4.79 Å². The molecule has 0 aliphatic rings. The van der Waals surface area contributed by atoms with E-state index in [0.29, 0.717) is 12.1 Å². The molecule has 0 spiro atoms. The molecule has 0 fully saturated rings. The van der Waals surface area contributed by atoms with E-state index in [4.69, 9.17) is 0 Å². The van der Waals surface area contributed by atoms with Crippen LogP contribution < -0.4 is 5.32 Å². The number of thiazole rings is 1. The first kappa shape index (κ1) is 18.5. The van der Waals surface area contributed by atoms with Crippen molar-refractivity contribution < 1.29 is 13.2 Å². The summed E-state index contributed by atoms with van der Waals surface area (Å²) >= 11 is 1.62. The van der Waals surface area contributed by atoms with Crippen molar-refractivity contribution in [3.63, 3.8) is 0 Å². The van der Waals surface area contributed by atoms with Crippen molar-refractivity contribution in [3.05, 3.63) is 48.0 Å². The van der Waals surface area contributed by atoms with E-state index in [2.05, 4.69) is 23.3 Å². The summed E-state index contributed by atoms with van der Waals surface area (Å²) in [6.45, 7) is 3.83. The maximum absolute atomic E-state index is 11.9. The summed E-state index contributed by atoms with van der Waals surface area (Å²) in [5, 5.41) is 3.55. The summed E-state index contributed by atoms with van der Waals surface area (Å²) in [6.07, 6.45) is 0.506. The standard InChI is InChI=1S/C19H20N2O3S2/c1-3-10-26(23,24)12-18(22)20-15-7-5-14(6-8-15)19-21-16-9-4-13(2)11-17(16)25-19/h4-9,11H,3,10,12H2,1-2H3,(H,20,22). The third-order valence-corrected chi connectivity index (χ3v) is 6.63. The number of sulfone groups is 1. The van der Waals surface area contributed by atoms with Gasteiger partial charge in [0.1, 0.15) is 10.8 Å². The van der Waals surface area contributed by atoms with Crippen molar-refractivity contribution in [2.75, 3.05) is 16.8 Å². The summed E-state index contributed by atoms with van der Waals surface area (Å²) in [7, 11) is -3.34. The minimum Gasteiger partial charge on any atom is -0.325 e. The number of aromatic nitrogens is 1. The molecule has 7 heteroatoms. The van der Waals surface area contributed by atoms with Gasteiger partial charge in [-0.2, -0.15) is 0 Å². The van der Waals surface area contributed by atoms with Crippen LogP contribution in [0.2, 0.25) is 0 Å². The Morgan fingerprint density at radius 3 is 2.58 bits per heavy atom. The lowest BCUT2D eigenvalue weighted by molar-refractivity contribution is -0.113. The van der Waals surface area contributed by atoms with E-state index in [1.807, 2.05) is 24.3 Å². The minimum atomic E-state index is -3.34. The second-order valence-electron chi connectivity index (χ2n) is 6.21. The van der Waals surface area contributed by atoms with Crippen LogP contribution in [-0.4, -0.2) is 30.8 Å². The van der Waals surface area contributed by atoms with Gasteiger partial charge in [0.15, 0.2) is 9.84 Å². The minimum absolute atomic E-state index is 0.0242. The van der Waals surface area contributed by atoms with E-state index in [1.54, 1.807) is 30.4 Å². The summed E-state index contributed by atoms with van der Waals surface area (Å²) in [5.41, 5.74) is 3.70.